The fourth-order valence-electron chi connectivity index (χ4n) is 6.69. The summed E-state index contributed by atoms with van der Waals surface area (Å²) in [5.74, 6) is 0.237. The first kappa shape index (κ1) is 24.1. The molecule has 0 radical (unpaired) electrons. The number of benzene rings is 2. The van der Waals surface area contributed by atoms with E-state index in [9.17, 15) is 9.59 Å². The van der Waals surface area contributed by atoms with Gasteiger partial charge in [0.1, 0.15) is 6.61 Å². The van der Waals surface area contributed by atoms with Crippen LogP contribution in [0.1, 0.15) is 98.8 Å². The molecule has 2 heterocycles. The number of nitrogens with zero attached hydrogens (tertiary/aromatic N) is 1. The molecule has 1 aliphatic carbocycles. The van der Waals surface area contributed by atoms with Crippen LogP contribution >= 0.6 is 0 Å². The minimum Gasteiger partial charge on any atom is -0.445 e. The van der Waals surface area contributed by atoms with Gasteiger partial charge < -0.3 is 9.64 Å². The summed E-state index contributed by atoms with van der Waals surface area (Å²) in [5, 5.41) is 0. The third-order valence-electron chi connectivity index (χ3n) is 8.98. The summed E-state index contributed by atoms with van der Waals surface area (Å²) in [4.78, 5) is 28.7. The molecule has 2 aliphatic heterocycles. The second kappa shape index (κ2) is 8.80. The maximum absolute atomic E-state index is 13.9. The van der Waals surface area contributed by atoms with Gasteiger partial charge in [0.2, 0.25) is 0 Å². The van der Waals surface area contributed by atoms with Gasteiger partial charge in [-0.25, -0.2) is 4.79 Å². The molecule has 35 heavy (non-hydrogen) atoms. The van der Waals surface area contributed by atoms with Gasteiger partial charge in [0.25, 0.3) is 0 Å². The first-order valence-corrected chi connectivity index (χ1v) is 13.3. The minimum atomic E-state index is -0.235. The maximum Gasteiger partial charge on any atom is 0.410 e. The van der Waals surface area contributed by atoms with Crippen molar-refractivity contribution in [3.63, 3.8) is 0 Å². The number of carbonyl (C=O) groups is 2. The highest BCUT2D eigenvalue weighted by Crippen LogP contribution is 2.47. The Balaban J connectivity index is 1.32. The summed E-state index contributed by atoms with van der Waals surface area (Å²) in [5.41, 5.74) is 5.94. The maximum atomic E-state index is 13.9. The lowest BCUT2D eigenvalue weighted by Gasteiger charge is -2.42. The van der Waals surface area contributed by atoms with E-state index in [0.717, 1.165) is 48.8 Å². The van der Waals surface area contributed by atoms with Crippen LogP contribution in [-0.2, 0) is 22.2 Å². The number of ketones is 1. The quantitative estimate of drug-likeness (QED) is 0.445. The predicted octanol–water partition coefficient (Wildman–Crippen LogP) is 7.11. The third kappa shape index (κ3) is 4.41. The molecule has 4 heteroatoms. The smallest absolute Gasteiger partial charge is 0.410 e. The Labute approximate surface area is 210 Å². The molecule has 2 saturated heterocycles. The topological polar surface area (TPSA) is 46.6 Å². The Morgan fingerprint density at radius 2 is 1.49 bits per heavy atom. The van der Waals surface area contributed by atoms with E-state index in [2.05, 4.69) is 46.8 Å². The fraction of sp³-hybridized carbons (Fsp3) is 0.548. The van der Waals surface area contributed by atoms with Crippen LogP contribution in [0, 0.1) is 12.8 Å². The van der Waals surface area contributed by atoms with Crippen molar-refractivity contribution in [3.05, 3.63) is 70.3 Å². The summed E-state index contributed by atoms with van der Waals surface area (Å²) >= 11 is 0. The van der Waals surface area contributed by atoms with Gasteiger partial charge in [-0.05, 0) is 84.6 Å². The van der Waals surface area contributed by atoms with Gasteiger partial charge in [-0.1, -0.05) is 64.1 Å². The molecule has 2 aromatic carbocycles. The number of rotatable bonds is 4. The van der Waals surface area contributed by atoms with Gasteiger partial charge in [0.05, 0.1) is 0 Å². The molecule has 186 valence electrons. The van der Waals surface area contributed by atoms with Gasteiger partial charge in [0, 0.05) is 23.6 Å². The summed E-state index contributed by atoms with van der Waals surface area (Å²) in [6.07, 6.45) is 5.46. The van der Waals surface area contributed by atoms with E-state index in [1.165, 1.54) is 17.5 Å². The molecular formula is C31H39NO3. The van der Waals surface area contributed by atoms with E-state index in [0.29, 0.717) is 6.61 Å². The van der Waals surface area contributed by atoms with Crippen LogP contribution in [0.5, 0.6) is 0 Å². The highest BCUT2D eigenvalue weighted by molar-refractivity contribution is 5.99. The van der Waals surface area contributed by atoms with E-state index in [4.69, 9.17) is 4.74 Å². The van der Waals surface area contributed by atoms with E-state index >= 15 is 0 Å². The van der Waals surface area contributed by atoms with Crippen LogP contribution in [0.15, 0.2) is 42.5 Å². The minimum absolute atomic E-state index is 0.0258. The standard InChI is InChI=1S/C31H39NO3/c1-20-15-26-27(31(4,5)14-13-30(26,2)3)18-25(20)28(33)22-16-23-11-12-24(17-22)32(23)29(34)35-19-21-9-7-6-8-10-21/h6-10,15,18,22-24H,11-14,16-17,19H2,1-5H3. The van der Waals surface area contributed by atoms with Crippen LogP contribution in [0.4, 0.5) is 4.79 Å². The molecule has 3 aliphatic rings. The average Bonchev–Trinajstić information content (AvgIpc) is 3.10. The monoisotopic (exact) mass is 473 g/mol. The van der Waals surface area contributed by atoms with Crippen molar-refractivity contribution in [1.29, 1.82) is 0 Å². The molecule has 0 spiro atoms. The van der Waals surface area contributed by atoms with Gasteiger partial charge in [0.15, 0.2) is 5.78 Å². The Morgan fingerprint density at radius 3 is 2.09 bits per heavy atom. The summed E-state index contributed by atoms with van der Waals surface area (Å²) in [7, 11) is 0. The average molecular weight is 474 g/mol. The van der Waals surface area contributed by atoms with Crippen LogP contribution < -0.4 is 0 Å². The van der Waals surface area contributed by atoms with Crippen molar-refractivity contribution < 1.29 is 14.3 Å². The molecule has 2 unspecified atom stereocenters. The summed E-state index contributed by atoms with van der Waals surface area (Å²) in [6, 6.07) is 14.5. The van der Waals surface area contributed by atoms with Crippen molar-refractivity contribution >= 4 is 11.9 Å². The lowest BCUT2D eigenvalue weighted by atomic mass is 9.62. The largest absolute Gasteiger partial charge is 0.445 e. The van der Waals surface area contributed by atoms with Gasteiger partial charge >= 0.3 is 6.09 Å². The number of amides is 1. The lowest BCUT2D eigenvalue weighted by Crippen LogP contribution is -2.48. The lowest BCUT2D eigenvalue weighted by molar-refractivity contribution is 0.0484. The normalized spacial score (nSPS) is 26.2. The molecule has 2 fully saturated rings. The van der Waals surface area contributed by atoms with Crippen LogP contribution in [0.2, 0.25) is 0 Å². The fourth-order valence-corrected chi connectivity index (χ4v) is 6.69. The molecule has 0 saturated carbocycles. The molecular weight excluding hydrogens is 434 g/mol. The molecule has 4 nitrogen and oxygen atoms in total. The Bertz CT molecular complexity index is 1120. The Hall–Kier alpha value is -2.62. The van der Waals surface area contributed by atoms with E-state index in [-0.39, 0.29) is 40.7 Å². The number of aryl methyl sites for hydroxylation is 1. The zero-order valence-corrected chi connectivity index (χ0v) is 21.9. The number of fused-ring (bicyclic) bond motifs is 3. The Morgan fingerprint density at radius 1 is 0.914 bits per heavy atom. The van der Waals surface area contributed by atoms with Crippen LogP contribution in [-0.4, -0.2) is 28.9 Å². The molecule has 2 bridgehead atoms. The van der Waals surface area contributed by atoms with Crippen molar-refractivity contribution in [1.82, 2.24) is 4.90 Å². The number of Topliss-reactive ketones (excluding diaryl/α,β-unsaturated/α-hetero) is 1. The van der Waals surface area contributed by atoms with Crippen molar-refractivity contribution in [2.45, 2.75) is 103 Å². The summed E-state index contributed by atoms with van der Waals surface area (Å²) in [6.45, 7) is 11.7. The van der Waals surface area contributed by atoms with Gasteiger partial charge in [-0.3, -0.25) is 4.79 Å². The van der Waals surface area contributed by atoms with E-state index in [1.54, 1.807) is 0 Å². The first-order chi connectivity index (χ1) is 16.6. The highest BCUT2D eigenvalue weighted by Gasteiger charge is 2.46. The summed E-state index contributed by atoms with van der Waals surface area (Å²) < 4.78 is 5.65. The molecule has 2 atom stereocenters. The zero-order valence-electron chi connectivity index (χ0n) is 21.9. The number of ether oxygens (including phenoxy) is 1. The second-order valence-electron chi connectivity index (χ2n) is 12.3. The molecule has 2 aromatic rings. The molecule has 5 rings (SSSR count). The SMILES string of the molecule is Cc1cc2c(cc1C(=O)C1CC3CCC(C1)N3C(=O)OCc1ccccc1)C(C)(C)CCC2(C)C. The van der Waals surface area contributed by atoms with E-state index < -0.39 is 0 Å². The number of hydrogen-bond donors (Lipinski definition) is 0. The second-order valence-corrected chi connectivity index (χ2v) is 12.3. The first-order valence-electron chi connectivity index (χ1n) is 13.3. The molecule has 0 N–H and O–H groups in total. The van der Waals surface area contributed by atoms with Crippen molar-refractivity contribution in [3.8, 4) is 0 Å². The molecule has 0 aromatic heterocycles. The number of carbonyl (C=O) groups excluding carboxylic acids is 2. The number of hydrogen-bond acceptors (Lipinski definition) is 3. The highest BCUT2D eigenvalue weighted by atomic mass is 16.6. The van der Waals surface area contributed by atoms with E-state index in [1.807, 2.05) is 35.2 Å². The van der Waals surface area contributed by atoms with Crippen LogP contribution in [0.3, 0.4) is 0 Å². The van der Waals surface area contributed by atoms with Crippen LogP contribution in [0.25, 0.3) is 0 Å². The predicted molar refractivity (Wildman–Crippen MR) is 139 cm³/mol. The van der Waals surface area contributed by atoms with Crippen molar-refractivity contribution in [2.24, 2.45) is 5.92 Å². The zero-order chi connectivity index (χ0) is 25.0. The van der Waals surface area contributed by atoms with Crippen molar-refractivity contribution in [2.75, 3.05) is 0 Å². The Kier molecular flexibility index (Phi) is 6.05. The third-order valence-corrected chi connectivity index (χ3v) is 8.98. The van der Waals surface area contributed by atoms with Gasteiger partial charge in [-0.2, -0.15) is 0 Å². The molecule has 1 amide bonds. The van der Waals surface area contributed by atoms with Gasteiger partial charge in [-0.15, -0.1) is 0 Å². The number of piperidine rings is 1.